The fourth-order valence-electron chi connectivity index (χ4n) is 1.31. The molecule has 3 N–H and O–H groups in total. The summed E-state index contributed by atoms with van der Waals surface area (Å²) in [6, 6.07) is 0. The highest BCUT2D eigenvalue weighted by Crippen LogP contribution is 2.37. The predicted molar refractivity (Wildman–Crippen MR) is 59.9 cm³/mol. The Morgan fingerprint density at radius 2 is 2.46 bits per heavy atom. The van der Waals surface area contributed by atoms with Crippen LogP contribution < -0.4 is 11.1 Å². The van der Waals surface area contributed by atoms with Gasteiger partial charge in [-0.25, -0.2) is 0 Å². The lowest BCUT2D eigenvalue weighted by Crippen LogP contribution is -2.43. The van der Waals surface area contributed by atoms with Crippen LogP contribution in [0, 0.1) is 0 Å². The summed E-state index contributed by atoms with van der Waals surface area (Å²) in [5.41, 5.74) is 5.29. The van der Waals surface area contributed by atoms with Gasteiger partial charge in [0.25, 0.3) is 0 Å². The maximum Gasteiger partial charge on any atom is 0.236 e. The van der Waals surface area contributed by atoms with Crippen molar-refractivity contribution in [1.29, 1.82) is 0 Å². The van der Waals surface area contributed by atoms with E-state index in [4.69, 9.17) is 5.73 Å². The zero-order chi connectivity index (χ0) is 9.90. The standard InChI is InChI=1S/C8H14N2OS2/c1-8(3-2-4-13-8)7(11)10-5-6(9)12/h2-5H2,1H3,(H2,9,12)(H,10,11). The van der Waals surface area contributed by atoms with E-state index in [9.17, 15) is 4.79 Å². The van der Waals surface area contributed by atoms with E-state index >= 15 is 0 Å². The third-order valence-electron chi connectivity index (χ3n) is 2.12. The van der Waals surface area contributed by atoms with E-state index in [1.54, 1.807) is 11.8 Å². The van der Waals surface area contributed by atoms with Gasteiger partial charge in [-0.2, -0.15) is 0 Å². The molecule has 0 saturated carbocycles. The van der Waals surface area contributed by atoms with E-state index < -0.39 is 0 Å². The van der Waals surface area contributed by atoms with Gasteiger partial charge in [0, 0.05) is 0 Å². The molecular weight excluding hydrogens is 204 g/mol. The molecule has 0 radical (unpaired) electrons. The molecule has 1 unspecified atom stereocenters. The molecule has 1 fully saturated rings. The van der Waals surface area contributed by atoms with Gasteiger partial charge in [-0.05, 0) is 25.5 Å². The molecule has 0 bridgehead atoms. The Hall–Kier alpha value is -0.290. The van der Waals surface area contributed by atoms with Gasteiger partial charge in [-0.15, -0.1) is 11.8 Å². The zero-order valence-corrected chi connectivity index (χ0v) is 9.26. The van der Waals surface area contributed by atoms with Crippen LogP contribution in [0.4, 0.5) is 0 Å². The molecule has 1 rings (SSSR count). The number of nitrogens with one attached hydrogen (secondary N) is 1. The van der Waals surface area contributed by atoms with Crippen molar-refractivity contribution in [1.82, 2.24) is 5.32 Å². The Kier molecular flexibility index (Phi) is 3.55. The first-order valence-electron chi connectivity index (χ1n) is 4.25. The minimum Gasteiger partial charge on any atom is -0.392 e. The fraction of sp³-hybridized carbons (Fsp3) is 0.750. The largest absolute Gasteiger partial charge is 0.392 e. The summed E-state index contributed by atoms with van der Waals surface area (Å²) in [6.07, 6.45) is 2.06. The third kappa shape index (κ3) is 2.84. The second-order valence-corrected chi connectivity index (χ2v) is 5.45. The summed E-state index contributed by atoms with van der Waals surface area (Å²) in [4.78, 5) is 12.0. The lowest BCUT2D eigenvalue weighted by atomic mass is 10.1. The van der Waals surface area contributed by atoms with Gasteiger partial charge >= 0.3 is 0 Å². The second-order valence-electron chi connectivity index (χ2n) is 3.33. The first-order valence-corrected chi connectivity index (χ1v) is 5.64. The normalized spacial score (nSPS) is 27.2. The van der Waals surface area contributed by atoms with E-state index in [0.29, 0.717) is 11.5 Å². The zero-order valence-electron chi connectivity index (χ0n) is 7.63. The first-order chi connectivity index (χ1) is 6.04. The SMILES string of the molecule is CC1(C(=O)NCC(N)=S)CCCS1. The number of carbonyl (C=O) groups is 1. The van der Waals surface area contributed by atoms with Gasteiger partial charge in [0.15, 0.2) is 0 Å². The molecule has 1 atom stereocenters. The predicted octanol–water partition coefficient (Wildman–Crippen LogP) is 0.674. The van der Waals surface area contributed by atoms with Crippen molar-refractivity contribution in [3.63, 3.8) is 0 Å². The Labute approximate surface area is 87.8 Å². The molecule has 1 heterocycles. The molecule has 1 saturated heterocycles. The minimum absolute atomic E-state index is 0.0581. The molecular formula is C8H14N2OS2. The van der Waals surface area contributed by atoms with E-state index in [1.165, 1.54) is 0 Å². The number of hydrogen-bond acceptors (Lipinski definition) is 3. The summed E-state index contributed by atoms with van der Waals surface area (Å²) in [7, 11) is 0. The number of rotatable bonds is 3. The van der Waals surface area contributed by atoms with Crippen LogP contribution in [-0.4, -0.2) is 27.9 Å². The van der Waals surface area contributed by atoms with E-state index in [-0.39, 0.29) is 10.7 Å². The van der Waals surface area contributed by atoms with Crippen LogP contribution in [-0.2, 0) is 4.79 Å². The maximum atomic E-state index is 11.6. The molecule has 0 aromatic rings. The minimum atomic E-state index is -0.259. The van der Waals surface area contributed by atoms with Crippen molar-refractivity contribution in [2.45, 2.75) is 24.5 Å². The van der Waals surface area contributed by atoms with Crippen molar-refractivity contribution >= 4 is 34.9 Å². The van der Waals surface area contributed by atoms with E-state index in [2.05, 4.69) is 17.5 Å². The van der Waals surface area contributed by atoms with E-state index in [0.717, 1.165) is 18.6 Å². The Morgan fingerprint density at radius 3 is 2.92 bits per heavy atom. The van der Waals surface area contributed by atoms with Crippen LogP contribution >= 0.6 is 24.0 Å². The summed E-state index contributed by atoms with van der Waals surface area (Å²) in [5.74, 6) is 1.12. The van der Waals surface area contributed by atoms with Gasteiger partial charge in [0.2, 0.25) is 5.91 Å². The monoisotopic (exact) mass is 218 g/mol. The fourth-order valence-corrected chi connectivity index (χ4v) is 2.62. The highest BCUT2D eigenvalue weighted by Gasteiger charge is 2.36. The van der Waals surface area contributed by atoms with Crippen molar-refractivity contribution in [2.75, 3.05) is 12.3 Å². The number of thiocarbonyl (C=S) groups is 1. The smallest absolute Gasteiger partial charge is 0.236 e. The number of carbonyl (C=O) groups excluding carboxylic acids is 1. The average molecular weight is 218 g/mol. The van der Waals surface area contributed by atoms with Crippen molar-refractivity contribution < 1.29 is 4.79 Å². The van der Waals surface area contributed by atoms with Gasteiger partial charge < -0.3 is 11.1 Å². The lowest BCUT2D eigenvalue weighted by molar-refractivity contribution is -0.122. The van der Waals surface area contributed by atoms with Gasteiger partial charge in [-0.3, -0.25) is 4.79 Å². The number of nitrogens with two attached hydrogens (primary N) is 1. The highest BCUT2D eigenvalue weighted by molar-refractivity contribution is 8.01. The van der Waals surface area contributed by atoms with Crippen molar-refractivity contribution in [2.24, 2.45) is 5.73 Å². The number of hydrogen-bond donors (Lipinski definition) is 2. The molecule has 0 spiro atoms. The molecule has 0 aliphatic carbocycles. The molecule has 0 aromatic heterocycles. The molecule has 1 amide bonds. The summed E-state index contributed by atoms with van der Waals surface area (Å²) >= 11 is 6.39. The van der Waals surface area contributed by atoms with Crippen LogP contribution in [0.5, 0.6) is 0 Å². The quantitative estimate of drug-likeness (QED) is 0.684. The highest BCUT2D eigenvalue weighted by atomic mass is 32.2. The third-order valence-corrected chi connectivity index (χ3v) is 3.79. The van der Waals surface area contributed by atoms with Gasteiger partial charge in [0.05, 0.1) is 16.3 Å². The Bertz CT molecular complexity index is 224. The summed E-state index contributed by atoms with van der Waals surface area (Å²) in [5, 5.41) is 2.74. The topological polar surface area (TPSA) is 55.1 Å². The number of amides is 1. The van der Waals surface area contributed by atoms with Crippen LogP contribution in [0.15, 0.2) is 0 Å². The molecule has 13 heavy (non-hydrogen) atoms. The van der Waals surface area contributed by atoms with Crippen LogP contribution in [0.2, 0.25) is 0 Å². The number of thioether (sulfide) groups is 1. The first kappa shape index (κ1) is 10.8. The van der Waals surface area contributed by atoms with Crippen LogP contribution in [0.25, 0.3) is 0 Å². The van der Waals surface area contributed by atoms with Crippen molar-refractivity contribution in [3.05, 3.63) is 0 Å². The molecule has 1 aliphatic rings. The lowest BCUT2D eigenvalue weighted by Gasteiger charge is -2.21. The van der Waals surface area contributed by atoms with Gasteiger partial charge in [0.1, 0.15) is 0 Å². The summed E-state index contributed by atoms with van der Waals surface area (Å²) < 4.78 is -0.259. The molecule has 0 aromatic carbocycles. The maximum absolute atomic E-state index is 11.6. The van der Waals surface area contributed by atoms with Crippen LogP contribution in [0.3, 0.4) is 0 Å². The Balaban J connectivity index is 2.42. The Morgan fingerprint density at radius 1 is 1.77 bits per heavy atom. The van der Waals surface area contributed by atoms with Gasteiger partial charge in [-0.1, -0.05) is 12.2 Å². The van der Waals surface area contributed by atoms with Crippen LogP contribution in [0.1, 0.15) is 19.8 Å². The average Bonchev–Trinajstić information content (AvgIpc) is 2.49. The molecule has 5 heteroatoms. The summed E-state index contributed by atoms with van der Waals surface area (Å²) in [6.45, 7) is 2.28. The van der Waals surface area contributed by atoms with Crippen molar-refractivity contribution in [3.8, 4) is 0 Å². The molecule has 3 nitrogen and oxygen atoms in total. The van der Waals surface area contributed by atoms with E-state index in [1.807, 2.05) is 6.92 Å². The second kappa shape index (κ2) is 4.28. The molecule has 1 aliphatic heterocycles. The molecule has 74 valence electrons.